The zero-order valence-corrected chi connectivity index (χ0v) is 18.1. The summed E-state index contributed by atoms with van der Waals surface area (Å²) in [5, 5.41) is 11.6. The van der Waals surface area contributed by atoms with E-state index in [-0.39, 0.29) is 64.1 Å². The molecule has 2 aromatic rings. The molecule has 3 heterocycles. The molecule has 12 heteroatoms. The van der Waals surface area contributed by atoms with Crippen LogP contribution in [0.3, 0.4) is 0 Å². The number of ether oxygens (including phenoxy) is 1. The van der Waals surface area contributed by atoms with Gasteiger partial charge in [0.2, 0.25) is 0 Å². The average Bonchev–Trinajstić information content (AvgIpc) is 3.06. The summed E-state index contributed by atoms with van der Waals surface area (Å²) >= 11 is 7.06. The van der Waals surface area contributed by atoms with Gasteiger partial charge >= 0.3 is 0 Å². The van der Waals surface area contributed by atoms with E-state index in [0.717, 1.165) is 17.8 Å². The number of amides is 1. The van der Waals surface area contributed by atoms with Gasteiger partial charge < -0.3 is 15.8 Å². The number of hydrogen-bond donors (Lipinski definition) is 2. The fourth-order valence-electron chi connectivity index (χ4n) is 3.47. The smallest absolute Gasteiger partial charge is 0.275 e. The number of anilines is 1. The van der Waals surface area contributed by atoms with E-state index in [4.69, 9.17) is 27.3 Å². The van der Waals surface area contributed by atoms with E-state index in [2.05, 4.69) is 15.3 Å². The van der Waals surface area contributed by atoms with Crippen molar-refractivity contribution in [1.29, 1.82) is 5.26 Å². The van der Waals surface area contributed by atoms with Crippen molar-refractivity contribution in [2.24, 2.45) is 10.7 Å². The summed E-state index contributed by atoms with van der Waals surface area (Å²) < 4.78 is 35.7. The normalized spacial score (nSPS) is 24.4. The minimum Gasteiger partial charge on any atom is -0.379 e. The monoisotopic (exact) mass is 485 g/mol. The number of nitrogens with zero attached hydrogens (tertiary/aromatic N) is 3. The average molecular weight is 486 g/mol. The number of thioether (sulfide) groups is 1. The van der Waals surface area contributed by atoms with Gasteiger partial charge in [-0.3, -0.25) is 4.79 Å². The molecule has 162 valence electrons. The van der Waals surface area contributed by atoms with Gasteiger partial charge in [0.05, 0.1) is 23.8 Å². The molecule has 4 rings (SSSR count). The predicted molar refractivity (Wildman–Crippen MR) is 116 cm³/mol. The molecule has 0 spiro atoms. The molecule has 31 heavy (non-hydrogen) atoms. The third-order valence-electron chi connectivity index (χ3n) is 4.99. The molecule has 2 aliphatic heterocycles. The van der Waals surface area contributed by atoms with Crippen LogP contribution in [0.2, 0.25) is 5.02 Å². The van der Waals surface area contributed by atoms with E-state index in [9.17, 15) is 9.18 Å². The van der Waals surface area contributed by atoms with E-state index >= 15 is 4.39 Å². The molecule has 7 nitrogen and oxygen atoms in total. The summed E-state index contributed by atoms with van der Waals surface area (Å²) in [6.07, 6.45) is 1.21. The van der Waals surface area contributed by atoms with Crippen LogP contribution < -0.4 is 11.1 Å². The highest BCUT2D eigenvalue weighted by Gasteiger charge is 2.61. The first-order valence-electron chi connectivity index (χ1n) is 8.70. The third-order valence-corrected chi connectivity index (χ3v) is 6.27. The van der Waals surface area contributed by atoms with Crippen molar-refractivity contribution in [1.82, 2.24) is 4.98 Å². The molecule has 1 aromatic heterocycles. The van der Waals surface area contributed by atoms with Gasteiger partial charge in [0.25, 0.3) is 5.91 Å². The highest BCUT2D eigenvalue weighted by molar-refractivity contribution is 8.13. The van der Waals surface area contributed by atoms with Crippen LogP contribution in [0.25, 0.3) is 0 Å². The Bertz CT molecular complexity index is 1130. The first-order chi connectivity index (χ1) is 14.3. The highest BCUT2D eigenvalue weighted by atomic mass is 35.5. The number of nitriles is 1. The van der Waals surface area contributed by atoms with Gasteiger partial charge in [-0.25, -0.2) is 18.8 Å². The number of nitrogens with one attached hydrogen (secondary N) is 1. The van der Waals surface area contributed by atoms with Gasteiger partial charge in [-0.2, -0.15) is 5.26 Å². The van der Waals surface area contributed by atoms with Crippen LogP contribution in [0.5, 0.6) is 0 Å². The fourth-order valence-corrected chi connectivity index (χ4v) is 4.64. The number of carbonyl (C=O) groups excluding carboxylic acids is 1. The van der Waals surface area contributed by atoms with Crippen LogP contribution in [-0.2, 0) is 10.3 Å². The highest BCUT2D eigenvalue weighted by Crippen LogP contribution is 2.50. The molecule has 0 radical (unpaired) electrons. The molecule has 2 atom stereocenters. The number of alkyl halides is 1. The number of halogens is 4. The number of rotatable bonds is 3. The number of fused-ring (bicyclic) bond motifs is 1. The number of pyridine rings is 1. The second-order valence-electron chi connectivity index (χ2n) is 6.87. The van der Waals surface area contributed by atoms with E-state index < -0.39 is 22.9 Å². The van der Waals surface area contributed by atoms with Crippen molar-refractivity contribution in [3.05, 3.63) is 58.1 Å². The molecule has 0 saturated carbocycles. The molecule has 1 fully saturated rings. The fraction of sp³-hybridized carbons (Fsp3) is 0.263. The number of amidine groups is 1. The summed E-state index contributed by atoms with van der Waals surface area (Å²) in [4.78, 5) is 20.7. The number of aliphatic imine (C=N–C) groups is 1. The summed E-state index contributed by atoms with van der Waals surface area (Å²) in [5.41, 5.74) is 2.44. The predicted octanol–water partition coefficient (Wildman–Crippen LogP) is 3.42. The lowest BCUT2D eigenvalue weighted by Gasteiger charge is -2.38. The van der Waals surface area contributed by atoms with Gasteiger partial charge in [-0.05, 0) is 24.3 Å². The van der Waals surface area contributed by atoms with Crippen molar-refractivity contribution in [2.45, 2.75) is 11.2 Å². The Balaban J connectivity index is 0.00000272. The summed E-state index contributed by atoms with van der Waals surface area (Å²) in [6, 6.07) is 6.92. The quantitative estimate of drug-likeness (QED) is 0.688. The van der Waals surface area contributed by atoms with Crippen molar-refractivity contribution in [3.63, 3.8) is 0 Å². The van der Waals surface area contributed by atoms with Gasteiger partial charge in [0.1, 0.15) is 17.6 Å². The Morgan fingerprint density at radius 1 is 1.39 bits per heavy atom. The summed E-state index contributed by atoms with van der Waals surface area (Å²) in [7, 11) is 0. The standard InChI is InChI=1S/C19H14ClF2N5O2S.ClH/c20-13-3-10(5-23)6-25-15(13)16(28)26-11-1-2-14(21)12(4-11)19-8-29-7-18(19,22)9-30-17(24)27-19;/h1-4,6H,7-9H2,(H2,24,27)(H,26,28);1H/t18-,19-;/m1./s1. The van der Waals surface area contributed by atoms with Gasteiger partial charge in [0, 0.05) is 23.2 Å². The van der Waals surface area contributed by atoms with Crippen LogP contribution in [0.15, 0.2) is 35.5 Å². The van der Waals surface area contributed by atoms with E-state index in [0.29, 0.717) is 0 Å². The molecular formula is C19H15Cl2F2N5O2S. The Kier molecular flexibility index (Phi) is 6.43. The van der Waals surface area contributed by atoms with E-state index in [1.807, 2.05) is 6.07 Å². The Labute approximate surface area is 191 Å². The van der Waals surface area contributed by atoms with Crippen LogP contribution in [0.4, 0.5) is 14.5 Å². The van der Waals surface area contributed by atoms with Crippen molar-refractivity contribution in [2.75, 3.05) is 24.3 Å². The zero-order valence-electron chi connectivity index (χ0n) is 15.7. The molecule has 2 aliphatic rings. The molecule has 0 unspecified atom stereocenters. The van der Waals surface area contributed by atoms with Crippen molar-refractivity contribution < 1.29 is 18.3 Å². The third kappa shape index (κ3) is 3.94. The van der Waals surface area contributed by atoms with Crippen molar-refractivity contribution >= 4 is 52.5 Å². The Hall–Kier alpha value is -2.45. The number of nitrogens with two attached hydrogens (primary N) is 1. The second-order valence-corrected chi connectivity index (χ2v) is 8.27. The molecule has 0 aliphatic carbocycles. The van der Waals surface area contributed by atoms with Crippen LogP contribution in [-0.4, -0.2) is 40.7 Å². The number of hydrogen-bond acceptors (Lipinski definition) is 7. The first kappa shape index (κ1) is 23.2. The number of benzene rings is 1. The Morgan fingerprint density at radius 3 is 2.87 bits per heavy atom. The van der Waals surface area contributed by atoms with Crippen LogP contribution in [0, 0.1) is 17.1 Å². The molecule has 1 aromatic carbocycles. The van der Waals surface area contributed by atoms with E-state index in [1.165, 1.54) is 24.4 Å². The lowest BCUT2D eigenvalue weighted by atomic mass is 9.79. The molecule has 1 amide bonds. The maximum Gasteiger partial charge on any atom is 0.275 e. The lowest BCUT2D eigenvalue weighted by Crippen LogP contribution is -2.52. The summed E-state index contributed by atoms with van der Waals surface area (Å²) in [5.74, 6) is -1.39. The topological polar surface area (TPSA) is 113 Å². The first-order valence-corrected chi connectivity index (χ1v) is 10.1. The minimum absolute atomic E-state index is 0. The molecular weight excluding hydrogens is 471 g/mol. The van der Waals surface area contributed by atoms with Gasteiger partial charge in [-0.1, -0.05) is 23.4 Å². The van der Waals surface area contributed by atoms with E-state index in [1.54, 1.807) is 0 Å². The van der Waals surface area contributed by atoms with Gasteiger partial charge in [0.15, 0.2) is 16.4 Å². The second kappa shape index (κ2) is 8.59. The zero-order chi connectivity index (χ0) is 21.5. The molecule has 1 saturated heterocycles. The largest absolute Gasteiger partial charge is 0.379 e. The van der Waals surface area contributed by atoms with Crippen molar-refractivity contribution in [3.8, 4) is 6.07 Å². The maximum absolute atomic E-state index is 15.6. The number of carbonyl (C=O) groups is 1. The minimum atomic E-state index is -1.94. The maximum atomic E-state index is 15.6. The van der Waals surface area contributed by atoms with Crippen LogP contribution >= 0.6 is 35.8 Å². The summed E-state index contributed by atoms with van der Waals surface area (Å²) in [6.45, 7) is -0.417. The SMILES string of the molecule is Cl.N#Cc1cnc(C(=O)Nc2ccc(F)c([C@]34COC[C@@]3(F)CSC(N)=N4)c2)c(Cl)c1. The van der Waals surface area contributed by atoms with Gasteiger partial charge in [-0.15, -0.1) is 12.4 Å². The molecule has 0 bridgehead atoms. The molecule has 3 N–H and O–H groups in total. The van der Waals surface area contributed by atoms with Crippen LogP contribution in [0.1, 0.15) is 21.6 Å². The number of aromatic nitrogens is 1. The lowest BCUT2D eigenvalue weighted by molar-refractivity contribution is 0.102. The Morgan fingerprint density at radius 2 is 2.16 bits per heavy atom.